The van der Waals surface area contributed by atoms with E-state index in [1.165, 1.54) is 19.3 Å². The van der Waals surface area contributed by atoms with E-state index < -0.39 is 0 Å². The minimum absolute atomic E-state index is 0.662. The van der Waals surface area contributed by atoms with Gasteiger partial charge in [0.25, 0.3) is 0 Å². The van der Waals surface area contributed by atoms with Crippen molar-refractivity contribution >= 4 is 0 Å². The molecule has 0 radical (unpaired) electrons. The molecule has 0 aromatic heterocycles. The minimum Gasteiger partial charge on any atom is -0.312 e. The molecule has 1 aliphatic carbocycles. The predicted molar refractivity (Wildman–Crippen MR) is 45.1 cm³/mol. The van der Waals surface area contributed by atoms with E-state index in [4.69, 9.17) is 0 Å². The normalized spacial score (nSPS) is 33.6. The summed E-state index contributed by atoms with van der Waals surface area (Å²) in [4.78, 5) is 0. The van der Waals surface area contributed by atoms with Crippen molar-refractivity contribution in [2.24, 2.45) is 5.92 Å². The number of rotatable bonds is 2. The lowest BCUT2D eigenvalue weighted by Crippen LogP contribution is -2.32. The second-order valence-corrected chi connectivity index (χ2v) is 3.94. The fourth-order valence-corrected chi connectivity index (χ4v) is 1.83. The van der Waals surface area contributed by atoms with Crippen LogP contribution in [0.4, 0.5) is 0 Å². The summed E-state index contributed by atoms with van der Waals surface area (Å²) >= 11 is 0. The summed E-state index contributed by atoms with van der Waals surface area (Å²) in [5.41, 5.74) is 0. The molecule has 1 N–H and O–H groups in total. The molecule has 1 nitrogen and oxygen atoms in total. The summed E-state index contributed by atoms with van der Waals surface area (Å²) in [7, 11) is 0. The first-order valence-electron chi connectivity index (χ1n) is 4.44. The van der Waals surface area contributed by atoms with E-state index in [0.29, 0.717) is 6.04 Å². The highest BCUT2D eigenvalue weighted by Gasteiger charge is 2.20. The summed E-state index contributed by atoms with van der Waals surface area (Å²) in [6.07, 6.45) is 4.20. The number of hydrogen-bond donors (Lipinski definition) is 1. The van der Waals surface area contributed by atoms with Gasteiger partial charge in [-0.3, -0.25) is 0 Å². The zero-order chi connectivity index (χ0) is 7.56. The first-order chi connectivity index (χ1) is 4.68. The molecule has 1 rings (SSSR count). The van der Waals surface area contributed by atoms with Crippen LogP contribution in [-0.2, 0) is 0 Å². The van der Waals surface area contributed by atoms with Gasteiger partial charge in [0, 0.05) is 12.1 Å². The van der Waals surface area contributed by atoms with Crippen molar-refractivity contribution < 1.29 is 0 Å². The predicted octanol–water partition coefficient (Wildman–Crippen LogP) is 2.17. The molecule has 0 saturated heterocycles. The van der Waals surface area contributed by atoms with E-state index >= 15 is 0 Å². The SMILES string of the molecule is CC(C)N[C@@H]1CC[C@@H](C)C1. The highest BCUT2D eigenvalue weighted by Crippen LogP contribution is 2.24. The second-order valence-electron chi connectivity index (χ2n) is 3.94. The van der Waals surface area contributed by atoms with E-state index in [1.54, 1.807) is 0 Å². The maximum atomic E-state index is 3.57. The Balaban J connectivity index is 2.18. The van der Waals surface area contributed by atoms with Crippen LogP contribution in [0.5, 0.6) is 0 Å². The molecule has 2 atom stereocenters. The van der Waals surface area contributed by atoms with Crippen LogP contribution in [0.25, 0.3) is 0 Å². The van der Waals surface area contributed by atoms with Gasteiger partial charge in [0.05, 0.1) is 0 Å². The Hall–Kier alpha value is -0.0400. The van der Waals surface area contributed by atoms with E-state index in [9.17, 15) is 0 Å². The molecule has 1 saturated carbocycles. The Kier molecular flexibility index (Phi) is 2.72. The zero-order valence-electron chi connectivity index (χ0n) is 7.35. The quantitative estimate of drug-likeness (QED) is 0.621. The van der Waals surface area contributed by atoms with Gasteiger partial charge in [-0.15, -0.1) is 0 Å². The van der Waals surface area contributed by atoms with Crippen LogP contribution >= 0.6 is 0 Å². The van der Waals surface area contributed by atoms with E-state index in [2.05, 4.69) is 26.1 Å². The maximum absolute atomic E-state index is 3.57. The van der Waals surface area contributed by atoms with Crippen LogP contribution < -0.4 is 5.32 Å². The van der Waals surface area contributed by atoms with Crippen molar-refractivity contribution in [1.82, 2.24) is 5.32 Å². The number of nitrogens with one attached hydrogen (secondary N) is 1. The molecule has 0 heterocycles. The summed E-state index contributed by atoms with van der Waals surface area (Å²) in [6, 6.07) is 1.48. The highest BCUT2D eigenvalue weighted by atomic mass is 14.9. The monoisotopic (exact) mass is 141 g/mol. The lowest BCUT2D eigenvalue weighted by Gasteiger charge is -2.14. The summed E-state index contributed by atoms with van der Waals surface area (Å²) in [5, 5.41) is 3.57. The van der Waals surface area contributed by atoms with Gasteiger partial charge in [0.2, 0.25) is 0 Å². The molecule has 1 fully saturated rings. The molecule has 0 bridgehead atoms. The lowest BCUT2D eigenvalue weighted by molar-refractivity contribution is 0.458. The van der Waals surface area contributed by atoms with Crippen molar-refractivity contribution in [3.8, 4) is 0 Å². The van der Waals surface area contributed by atoms with Gasteiger partial charge in [0.1, 0.15) is 0 Å². The Bertz CT molecular complexity index is 98.9. The first kappa shape index (κ1) is 8.06. The topological polar surface area (TPSA) is 12.0 Å². The fourth-order valence-electron chi connectivity index (χ4n) is 1.83. The molecule has 0 aliphatic heterocycles. The molecular weight excluding hydrogens is 122 g/mol. The Morgan fingerprint density at radius 1 is 1.30 bits per heavy atom. The van der Waals surface area contributed by atoms with Crippen molar-refractivity contribution in [2.45, 2.75) is 52.1 Å². The standard InChI is InChI=1S/C9H19N/c1-7(2)10-9-5-4-8(3)6-9/h7-10H,4-6H2,1-3H3/t8-,9-/m1/s1. The highest BCUT2D eigenvalue weighted by molar-refractivity contribution is 4.79. The Labute approximate surface area is 64.2 Å². The van der Waals surface area contributed by atoms with Crippen LogP contribution in [0.15, 0.2) is 0 Å². The minimum atomic E-state index is 0.662. The fraction of sp³-hybridized carbons (Fsp3) is 1.00. The molecule has 10 heavy (non-hydrogen) atoms. The van der Waals surface area contributed by atoms with Gasteiger partial charge in [-0.2, -0.15) is 0 Å². The molecule has 0 unspecified atom stereocenters. The average molecular weight is 141 g/mol. The van der Waals surface area contributed by atoms with Crippen molar-refractivity contribution in [1.29, 1.82) is 0 Å². The van der Waals surface area contributed by atoms with Crippen LogP contribution in [0.2, 0.25) is 0 Å². The van der Waals surface area contributed by atoms with Gasteiger partial charge in [0.15, 0.2) is 0 Å². The van der Waals surface area contributed by atoms with Crippen molar-refractivity contribution in [2.75, 3.05) is 0 Å². The second kappa shape index (κ2) is 3.38. The summed E-state index contributed by atoms with van der Waals surface area (Å²) < 4.78 is 0. The largest absolute Gasteiger partial charge is 0.312 e. The van der Waals surface area contributed by atoms with E-state index in [1.807, 2.05) is 0 Å². The third-order valence-corrected chi connectivity index (χ3v) is 2.26. The smallest absolute Gasteiger partial charge is 0.00720 e. The summed E-state index contributed by atoms with van der Waals surface area (Å²) in [5.74, 6) is 0.955. The third kappa shape index (κ3) is 2.30. The van der Waals surface area contributed by atoms with Crippen LogP contribution in [-0.4, -0.2) is 12.1 Å². The van der Waals surface area contributed by atoms with Crippen LogP contribution in [0.3, 0.4) is 0 Å². The van der Waals surface area contributed by atoms with E-state index in [0.717, 1.165) is 12.0 Å². The van der Waals surface area contributed by atoms with Crippen molar-refractivity contribution in [3.05, 3.63) is 0 Å². The molecule has 0 aromatic rings. The maximum Gasteiger partial charge on any atom is 0.00720 e. The molecule has 0 amide bonds. The molecule has 60 valence electrons. The lowest BCUT2D eigenvalue weighted by atomic mass is 10.1. The third-order valence-electron chi connectivity index (χ3n) is 2.26. The average Bonchev–Trinajstić information content (AvgIpc) is 2.13. The van der Waals surface area contributed by atoms with Crippen LogP contribution in [0.1, 0.15) is 40.0 Å². The Morgan fingerprint density at radius 3 is 2.40 bits per heavy atom. The molecule has 1 aliphatic rings. The van der Waals surface area contributed by atoms with Gasteiger partial charge >= 0.3 is 0 Å². The molecule has 0 spiro atoms. The van der Waals surface area contributed by atoms with E-state index in [-0.39, 0.29) is 0 Å². The number of hydrogen-bond acceptors (Lipinski definition) is 1. The van der Waals surface area contributed by atoms with Gasteiger partial charge in [-0.25, -0.2) is 0 Å². The molecule has 0 aromatic carbocycles. The van der Waals surface area contributed by atoms with Crippen LogP contribution in [0, 0.1) is 5.92 Å². The molecule has 1 heteroatoms. The van der Waals surface area contributed by atoms with Gasteiger partial charge < -0.3 is 5.32 Å². The molecular formula is C9H19N. The summed E-state index contributed by atoms with van der Waals surface area (Å²) in [6.45, 7) is 6.80. The van der Waals surface area contributed by atoms with Gasteiger partial charge in [-0.1, -0.05) is 20.8 Å². The van der Waals surface area contributed by atoms with Crippen molar-refractivity contribution in [3.63, 3.8) is 0 Å². The first-order valence-corrected chi connectivity index (χ1v) is 4.44. The van der Waals surface area contributed by atoms with Gasteiger partial charge in [-0.05, 0) is 25.2 Å². The Morgan fingerprint density at radius 2 is 2.00 bits per heavy atom. The zero-order valence-corrected chi connectivity index (χ0v) is 7.35.